The summed E-state index contributed by atoms with van der Waals surface area (Å²) in [5.74, 6) is -0.900. The SMILES string of the molecule is CC/C=C\C/C=C\C/C=C\C/C=C\C/C=C\C/C=C\CCCCCCCCCCCCC(=O)OCC(COC(=O)CCCCCCCCCCC)OC(=O)CCCCCCC/C=C\C/C=C\CCCCC. The van der Waals surface area contributed by atoms with Crippen molar-refractivity contribution in [1.82, 2.24) is 0 Å². The summed E-state index contributed by atoms with van der Waals surface area (Å²) in [5.41, 5.74) is 0. The van der Waals surface area contributed by atoms with Crippen LogP contribution in [0.2, 0.25) is 0 Å². The van der Waals surface area contributed by atoms with E-state index in [-0.39, 0.29) is 31.1 Å². The van der Waals surface area contributed by atoms with Gasteiger partial charge in [0.05, 0.1) is 0 Å². The van der Waals surface area contributed by atoms with Crippen molar-refractivity contribution < 1.29 is 28.6 Å². The van der Waals surface area contributed by atoms with Gasteiger partial charge in [0.25, 0.3) is 0 Å². The van der Waals surface area contributed by atoms with Crippen LogP contribution in [0.4, 0.5) is 0 Å². The molecule has 71 heavy (non-hydrogen) atoms. The first kappa shape index (κ1) is 67.3. The van der Waals surface area contributed by atoms with E-state index < -0.39 is 6.10 Å². The summed E-state index contributed by atoms with van der Waals surface area (Å²) >= 11 is 0. The van der Waals surface area contributed by atoms with Crippen molar-refractivity contribution >= 4 is 17.9 Å². The standard InChI is InChI=1S/C65H110O6/c1-4-7-10-13-16-19-21-23-25-26-27-28-29-30-31-32-33-34-35-36-37-38-40-41-43-46-49-52-55-58-64(67)70-61-62(60-69-63(66)57-54-51-48-45-18-15-12-9-6-3)71-65(68)59-56-53-50-47-44-42-39-24-22-20-17-14-11-8-5-2/h7,10,16-17,19-20,23-25,27-28,30-31,33-34,39,62H,4-6,8-9,11-15,18,21-22,26,29,32,35-38,40-61H2,1-3H3/b10-7-,19-16-,20-17-,25-23-,28-27-,31-30-,34-33-,39-24-. The summed E-state index contributed by atoms with van der Waals surface area (Å²) < 4.78 is 16.8. The minimum atomic E-state index is -0.784. The van der Waals surface area contributed by atoms with Crippen molar-refractivity contribution in [1.29, 1.82) is 0 Å². The lowest BCUT2D eigenvalue weighted by Gasteiger charge is -2.18. The number of unbranched alkanes of at least 4 members (excludes halogenated alkanes) is 26. The Labute approximate surface area is 438 Å². The predicted octanol–water partition coefficient (Wildman–Crippen LogP) is 20.1. The van der Waals surface area contributed by atoms with E-state index in [0.717, 1.165) is 122 Å². The third kappa shape index (κ3) is 57.1. The van der Waals surface area contributed by atoms with Crippen LogP contribution >= 0.6 is 0 Å². The Kier molecular flexibility index (Phi) is 55.9. The van der Waals surface area contributed by atoms with Crippen molar-refractivity contribution in [2.45, 2.75) is 284 Å². The van der Waals surface area contributed by atoms with Crippen LogP contribution in [0.3, 0.4) is 0 Å². The predicted molar refractivity (Wildman–Crippen MR) is 307 cm³/mol. The van der Waals surface area contributed by atoms with Crippen LogP contribution in [-0.4, -0.2) is 37.2 Å². The molecule has 0 N–H and O–H groups in total. The third-order valence-corrected chi connectivity index (χ3v) is 12.6. The molecule has 0 saturated carbocycles. The van der Waals surface area contributed by atoms with E-state index in [0.29, 0.717) is 19.3 Å². The summed E-state index contributed by atoms with van der Waals surface area (Å²) in [4.78, 5) is 38.0. The molecule has 0 rings (SSSR count). The average Bonchev–Trinajstić information content (AvgIpc) is 3.37. The average molecular weight is 988 g/mol. The molecule has 1 atom stereocenters. The van der Waals surface area contributed by atoms with Gasteiger partial charge in [-0.1, -0.05) is 253 Å². The smallest absolute Gasteiger partial charge is 0.306 e. The van der Waals surface area contributed by atoms with Gasteiger partial charge in [-0.3, -0.25) is 14.4 Å². The van der Waals surface area contributed by atoms with Gasteiger partial charge < -0.3 is 14.2 Å². The fourth-order valence-corrected chi connectivity index (χ4v) is 8.12. The molecule has 6 heteroatoms. The van der Waals surface area contributed by atoms with Gasteiger partial charge >= 0.3 is 17.9 Å². The van der Waals surface area contributed by atoms with Crippen LogP contribution in [0.5, 0.6) is 0 Å². The second kappa shape index (κ2) is 58.9. The summed E-state index contributed by atoms with van der Waals surface area (Å²) in [5, 5.41) is 0. The van der Waals surface area contributed by atoms with Gasteiger partial charge in [-0.05, 0) is 103 Å². The highest BCUT2D eigenvalue weighted by Crippen LogP contribution is 2.15. The lowest BCUT2D eigenvalue weighted by molar-refractivity contribution is -0.167. The number of ether oxygens (including phenoxy) is 3. The third-order valence-electron chi connectivity index (χ3n) is 12.6. The molecule has 0 aromatic heterocycles. The first-order valence-electron chi connectivity index (χ1n) is 29.7. The maximum atomic E-state index is 12.8. The molecule has 0 spiro atoms. The number of esters is 3. The van der Waals surface area contributed by atoms with Crippen LogP contribution < -0.4 is 0 Å². The fourth-order valence-electron chi connectivity index (χ4n) is 8.12. The number of hydrogen-bond acceptors (Lipinski definition) is 6. The molecule has 0 saturated heterocycles. The molecular formula is C65H110O6. The van der Waals surface area contributed by atoms with Crippen molar-refractivity contribution in [3.05, 3.63) is 97.2 Å². The maximum absolute atomic E-state index is 12.8. The van der Waals surface area contributed by atoms with Crippen LogP contribution in [-0.2, 0) is 28.6 Å². The molecule has 0 aliphatic rings. The molecule has 0 aliphatic heterocycles. The van der Waals surface area contributed by atoms with E-state index in [1.165, 1.54) is 116 Å². The normalized spacial score (nSPS) is 12.8. The van der Waals surface area contributed by atoms with Gasteiger partial charge in [0.1, 0.15) is 13.2 Å². The van der Waals surface area contributed by atoms with Crippen LogP contribution in [0.15, 0.2) is 97.2 Å². The van der Waals surface area contributed by atoms with E-state index in [9.17, 15) is 14.4 Å². The first-order valence-corrected chi connectivity index (χ1v) is 29.7. The molecule has 0 radical (unpaired) electrons. The van der Waals surface area contributed by atoms with E-state index in [2.05, 4.69) is 118 Å². The minimum Gasteiger partial charge on any atom is -0.462 e. The van der Waals surface area contributed by atoms with Gasteiger partial charge in [0.15, 0.2) is 6.10 Å². The van der Waals surface area contributed by atoms with Crippen molar-refractivity contribution in [2.24, 2.45) is 0 Å². The molecule has 0 bridgehead atoms. The Morgan fingerprint density at radius 1 is 0.296 bits per heavy atom. The Balaban J connectivity index is 4.21. The second-order valence-corrected chi connectivity index (χ2v) is 19.5. The number of carbonyl (C=O) groups is 3. The van der Waals surface area contributed by atoms with Gasteiger partial charge in [0.2, 0.25) is 0 Å². The number of hydrogen-bond donors (Lipinski definition) is 0. The molecule has 1 unspecified atom stereocenters. The number of rotatable bonds is 53. The lowest BCUT2D eigenvalue weighted by Crippen LogP contribution is -2.30. The summed E-state index contributed by atoms with van der Waals surface area (Å²) in [7, 11) is 0. The zero-order valence-electron chi connectivity index (χ0n) is 46.5. The highest BCUT2D eigenvalue weighted by Gasteiger charge is 2.19. The van der Waals surface area contributed by atoms with Gasteiger partial charge in [-0.2, -0.15) is 0 Å². The molecule has 0 aliphatic carbocycles. The van der Waals surface area contributed by atoms with Crippen LogP contribution in [0.25, 0.3) is 0 Å². The van der Waals surface area contributed by atoms with Crippen molar-refractivity contribution in [3.8, 4) is 0 Å². The quantitative estimate of drug-likeness (QED) is 0.0261. The second-order valence-electron chi connectivity index (χ2n) is 19.5. The Morgan fingerprint density at radius 2 is 0.549 bits per heavy atom. The topological polar surface area (TPSA) is 78.9 Å². The first-order chi connectivity index (χ1) is 35.0. The highest BCUT2D eigenvalue weighted by atomic mass is 16.6. The Bertz CT molecular complexity index is 1410. The van der Waals surface area contributed by atoms with E-state index in [1.54, 1.807) is 0 Å². The van der Waals surface area contributed by atoms with Crippen molar-refractivity contribution in [3.63, 3.8) is 0 Å². The number of carbonyl (C=O) groups excluding carboxylic acids is 3. The largest absolute Gasteiger partial charge is 0.462 e. The Hall–Kier alpha value is -3.67. The van der Waals surface area contributed by atoms with E-state index in [1.807, 2.05) is 0 Å². The summed E-state index contributed by atoms with van der Waals surface area (Å²) in [6, 6.07) is 0. The zero-order chi connectivity index (χ0) is 51.4. The fraction of sp³-hybridized carbons (Fsp3) is 0.708. The molecule has 0 amide bonds. The molecule has 0 fully saturated rings. The van der Waals surface area contributed by atoms with Gasteiger partial charge in [-0.25, -0.2) is 0 Å². The molecular weight excluding hydrogens is 877 g/mol. The van der Waals surface area contributed by atoms with Crippen LogP contribution in [0.1, 0.15) is 278 Å². The highest BCUT2D eigenvalue weighted by molar-refractivity contribution is 5.71. The van der Waals surface area contributed by atoms with Gasteiger partial charge in [-0.15, -0.1) is 0 Å². The zero-order valence-corrected chi connectivity index (χ0v) is 46.5. The molecule has 0 aromatic rings. The monoisotopic (exact) mass is 987 g/mol. The molecule has 0 aromatic carbocycles. The van der Waals surface area contributed by atoms with E-state index in [4.69, 9.17) is 14.2 Å². The van der Waals surface area contributed by atoms with E-state index >= 15 is 0 Å². The van der Waals surface area contributed by atoms with Crippen LogP contribution in [0, 0.1) is 0 Å². The molecule has 6 nitrogen and oxygen atoms in total. The Morgan fingerprint density at radius 3 is 0.887 bits per heavy atom. The maximum Gasteiger partial charge on any atom is 0.306 e. The van der Waals surface area contributed by atoms with Crippen molar-refractivity contribution in [2.75, 3.05) is 13.2 Å². The minimum absolute atomic E-state index is 0.0824. The lowest BCUT2D eigenvalue weighted by atomic mass is 10.1. The molecule has 0 heterocycles. The van der Waals surface area contributed by atoms with Gasteiger partial charge in [0, 0.05) is 19.3 Å². The summed E-state index contributed by atoms with van der Waals surface area (Å²) in [6.45, 7) is 6.47. The molecule has 406 valence electrons. The summed E-state index contributed by atoms with van der Waals surface area (Å²) in [6.07, 6.45) is 78.4. The number of allylic oxidation sites excluding steroid dienone is 16.